The number of aliphatic imine (C=N–C) groups is 4. The van der Waals surface area contributed by atoms with Gasteiger partial charge in [-0.05, 0) is 0 Å². The summed E-state index contributed by atoms with van der Waals surface area (Å²) in [5.41, 5.74) is 4.22. The van der Waals surface area contributed by atoms with Crippen molar-refractivity contribution in [2.75, 3.05) is 0 Å². The van der Waals surface area contributed by atoms with Crippen LogP contribution in [0.2, 0.25) is 0 Å². The van der Waals surface area contributed by atoms with Crippen LogP contribution in [0.25, 0.3) is 64.6 Å². The Morgan fingerprint density at radius 3 is 1.38 bits per heavy atom. The molecule has 22 heteroatoms. The molecule has 1 radical (unpaired) electrons. The van der Waals surface area contributed by atoms with Gasteiger partial charge in [0, 0.05) is 0 Å². The van der Waals surface area contributed by atoms with E-state index in [0.29, 0.717) is 99.4 Å². The van der Waals surface area contributed by atoms with Crippen LogP contribution in [-0.2, 0) is 28.2 Å². The third-order valence-electron chi connectivity index (χ3n) is 13.3. The predicted octanol–water partition coefficient (Wildman–Crippen LogP) is 7.67. The van der Waals surface area contributed by atoms with Gasteiger partial charge in [-0.1, -0.05) is 0 Å². The van der Waals surface area contributed by atoms with E-state index < -0.39 is 46.1 Å². The predicted molar refractivity (Wildman–Crippen MR) is 275 cm³/mol. The van der Waals surface area contributed by atoms with Crippen LogP contribution in [-0.4, -0.2) is 83.1 Å². The molecule has 4 aliphatic rings. The van der Waals surface area contributed by atoms with Crippen LogP contribution >= 0.6 is 21.4 Å². The minimum absolute atomic E-state index is 0. The summed E-state index contributed by atoms with van der Waals surface area (Å²) < 4.78 is 92.7. The Balaban J connectivity index is 0.00000492. The first-order chi connectivity index (χ1) is 33.5. The second kappa shape index (κ2) is 14.9. The molecular formula is C49H26Cl2GaN8O8S3. The van der Waals surface area contributed by atoms with Gasteiger partial charge < -0.3 is 5.48 Å². The fourth-order valence-corrected chi connectivity index (χ4v) is 16.1. The van der Waals surface area contributed by atoms with E-state index in [2.05, 4.69) is 6.07 Å². The largest absolute Gasteiger partial charge is 0.412 e. The maximum atomic E-state index is 13.2. The normalized spacial score (nSPS) is 14.8. The summed E-state index contributed by atoms with van der Waals surface area (Å²) in [4.78, 5) is 31.2. The number of aromatic nitrogens is 2. The van der Waals surface area contributed by atoms with E-state index >= 15 is 0 Å². The van der Waals surface area contributed by atoms with Crippen molar-refractivity contribution in [1.82, 2.24) is 6.55 Å². The van der Waals surface area contributed by atoms with Gasteiger partial charge in [-0.15, -0.1) is 0 Å². The van der Waals surface area contributed by atoms with Crippen molar-refractivity contribution in [1.29, 1.82) is 0 Å². The van der Waals surface area contributed by atoms with Crippen molar-refractivity contribution in [3.63, 3.8) is 0 Å². The zero-order valence-corrected chi connectivity index (χ0v) is 42.5. The number of hydrogen-bond acceptors (Lipinski definition) is 12. The van der Waals surface area contributed by atoms with Crippen molar-refractivity contribution in [2.45, 2.75) is 21.6 Å². The Labute approximate surface area is 417 Å². The molecule has 0 amide bonds. The first kappa shape index (κ1) is 44.1. The van der Waals surface area contributed by atoms with Gasteiger partial charge in [-0.25, -0.2) is 0 Å². The molecule has 0 unspecified atom stereocenters. The average molecular weight is 1090 g/mol. The van der Waals surface area contributed by atoms with Crippen molar-refractivity contribution in [2.24, 2.45) is 30.0 Å². The molecule has 0 fully saturated rings. The zero-order chi connectivity index (χ0) is 47.9. The van der Waals surface area contributed by atoms with Gasteiger partial charge in [0.1, 0.15) is 0 Å². The summed E-state index contributed by atoms with van der Waals surface area (Å²) in [5.74, 6) is 2.00. The van der Waals surface area contributed by atoms with Crippen LogP contribution in [0.5, 0.6) is 0 Å². The molecule has 6 bridgehead atoms. The Morgan fingerprint density at radius 1 is 0.437 bits per heavy atom. The molecule has 16 nitrogen and oxygen atoms in total. The number of amidine groups is 4. The van der Waals surface area contributed by atoms with E-state index in [1.54, 1.807) is 66.7 Å². The molecule has 3 N–H and O–H groups in total. The summed E-state index contributed by atoms with van der Waals surface area (Å²) in [7, 11) is -1.05. The summed E-state index contributed by atoms with van der Waals surface area (Å²) in [5, 5.41) is 6.69. The molecule has 2 aromatic heterocycles. The molecule has 8 aromatic carbocycles. The van der Waals surface area contributed by atoms with E-state index in [-0.39, 0.29) is 37.2 Å². The monoisotopic (exact) mass is 1090 g/mol. The van der Waals surface area contributed by atoms with Gasteiger partial charge in [0.15, 0.2) is 0 Å². The standard InChI is InChI=1S/C49H24Cl2N8O7S3.Ga.H2O/c1-22-6-2-7-23-14-31-35(18-27(22)23)46-52-42(31)54-49-38-21-30-26(10-5-13-41(30)69(64,65)66)17-34(38)45(59-49)58-48-37-20-29-25(9-4-12-40(29)68(51,62)63)16-33(37)44(57-48)56-47-36-19-28-24(15-32(36)43(53-46)55-47)8-3-11-39(28)67(50,60)61;;/h2-21H,1H3,(H-2,52,53,54,55,56,57,58,59,64,65,66);;1H2/q-2;+2;. The quantitative estimate of drug-likeness (QED) is 0.105. The van der Waals surface area contributed by atoms with Gasteiger partial charge >= 0.3 is 415 Å². The van der Waals surface area contributed by atoms with Gasteiger partial charge in [-0.3, -0.25) is 0 Å². The Kier molecular flexibility index (Phi) is 9.23. The first-order valence-electron chi connectivity index (χ1n) is 21.3. The fraction of sp³-hybridized carbons (Fsp3) is 0.0204. The number of fused-ring (bicyclic) bond motifs is 18. The van der Waals surface area contributed by atoms with Crippen LogP contribution in [0, 0.1) is 6.92 Å². The molecule has 10 aromatic rings. The average Bonchev–Trinajstić information content (AvgIpc) is 3.99. The number of hydrogen-bond donors (Lipinski definition) is 1. The SMILES string of the molecule is Cc1cccc2cc3c(cc12)C1=Nc2c4cc5cccc(S(=O)(=O)Cl)c5cc4c4[n]2[Ga][n]2c(c5cc6cccc(S(=O)(=O)O)c6cc5c2=NC3=N1)=NC1=NC(=N4)c2cc3cccc(S(=O)(=O)Cl)c3cc21.O. The maximum absolute atomic E-state index is 13.2. The molecule has 345 valence electrons. The molecule has 0 saturated heterocycles. The smallest absolute Gasteiger partial charge is 0.412 e. The van der Waals surface area contributed by atoms with Crippen LogP contribution in [0.4, 0.5) is 11.6 Å². The Bertz CT molecular complexity index is 4920. The number of rotatable bonds is 3. The molecule has 0 aliphatic carbocycles. The second-order valence-electron chi connectivity index (χ2n) is 17.3. The molecule has 0 spiro atoms. The van der Waals surface area contributed by atoms with Gasteiger partial charge in [0.2, 0.25) is 0 Å². The molecule has 14 rings (SSSR count). The Hall–Kier alpha value is -6.85. The van der Waals surface area contributed by atoms with E-state index in [1.165, 1.54) is 18.2 Å². The number of nitrogens with zero attached hydrogens (tertiary/aromatic N) is 8. The number of benzene rings is 8. The van der Waals surface area contributed by atoms with Crippen molar-refractivity contribution < 1.29 is 35.3 Å². The Morgan fingerprint density at radius 2 is 0.831 bits per heavy atom. The van der Waals surface area contributed by atoms with Crippen molar-refractivity contribution in [3.05, 3.63) is 160 Å². The van der Waals surface area contributed by atoms with Crippen molar-refractivity contribution >= 4 is 167 Å². The summed E-state index contributed by atoms with van der Waals surface area (Å²) in [6.07, 6.45) is 0. The van der Waals surface area contributed by atoms with Crippen LogP contribution in [0.15, 0.2) is 166 Å². The maximum Gasteiger partial charge on any atom is -0.412 e. The minimum Gasteiger partial charge on any atom is -0.412 e. The zero-order valence-electron chi connectivity index (χ0n) is 36.1. The summed E-state index contributed by atoms with van der Waals surface area (Å²) in [6, 6.07) is 35.0. The number of halogens is 2. The first-order valence-corrected chi connectivity index (χ1v) is 29.5. The van der Waals surface area contributed by atoms with Gasteiger partial charge in [0.05, 0.1) is 0 Å². The third-order valence-corrected chi connectivity index (χ3v) is 20.0. The topological polar surface area (TPSA) is 238 Å². The molecule has 0 saturated carbocycles. The van der Waals surface area contributed by atoms with Crippen LogP contribution in [0.3, 0.4) is 0 Å². The fourth-order valence-electron chi connectivity index (χ4n) is 10.2. The van der Waals surface area contributed by atoms with E-state index in [0.717, 1.165) is 21.9 Å². The second-order valence-corrected chi connectivity index (χ2v) is 26.4. The van der Waals surface area contributed by atoms with E-state index in [1.807, 2.05) is 43.8 Å². The van der Waals surface area contributed by atoms with Gasteiger partial charge in [-0.2, -0.15) is 0 Å². The van der Waals surface area contributed by atoms with Gasteiger partial charge in [0.25, 0.3) is 0 Å². The molecule has 71 heavy (non-hydrogen) atoms. The summed E-state index contributed by atoms with van der Waals surface area (Å²) in [6.45, 7) is 2.03. The van der Waals surface area contributed by atoms with Crippen LogP contribution < -0.4 is 11.0 Å². The third kappa shape index (κ3) is 6.46. The van der Waals surface area contributed by atoms with Crippen LogP contribution in [0.1, 0.15) is 27.8 Å². The summed E-state index contributed by atoms with van der Waals surface area (Å²) >= 11 is -2.30. The van der Waals surface area contributed by atoms with Crippen molar-refractivity contribution in [3.8, 4) is 0 Å². The molecule has 0 atom stereocenters. The van der Waals surface area contributed by atoms with E-state index in [4.69, 9.17) is 51.3 Å². The number of aryl methyl sites for hydroxylation is 1. The molecular weight excluding hydrogens is 1070 g/mol. The van der Waals surface area contributed by atoms with E-state index in [9.17, 15) is 29.8 Å². The molecule has 6 heterocycles. The minimum atomic E-state index is -4.70. The molecule has 4 aliphatic heterocycles.